The molecular formula is C16H21N3O4. The highest BCUT2D eigenvalue weighted by atomic mass is 16.4. The first kappa shape index (κ1) is 16.9. The average Bonchev–Trinajstić information content (AvgIpc) is 2.54. The van der Waals surface area contributed by atoms with E-state index in [2.05, 4.69) is 4.98 Å². The van der Waals surface area contributed by atoms with E-state index in [0.717, 1.165) is 5.69 Å². The average molecular weight is 319 g/mol. The fourth-order valence-corrected chi connectivity index (χ4v) is 2.61. The summed E-state index contributed by atoms with van der Waals surface area (Å²) >= 11 is 0. The molecule has 23 heavy (non-hydrogen) atoms. The molecule has 1 N–H and O–H groups in total. The van der Waals surface area contributed by atoms with Crippen LogP contribution in [0.1, 0.15) is 29.0 Å². The third-order valence-corrected chi connectivity index (χ3v) is 4.02. The number of aromatic nitrogens is 1. The Morgan fingerprint density at radius 1 is 1.30 bits per heavy atom. The number of aliphatic carboxylic acids is 1. The Morgan fingerprint density at radius 2 is 1.96 bits per heavy atom. The molecule has 0 saturated carbocycles. The largest absolute Gasteiger partial charge is 0.481 e. The van der Waals surface area contributed by atoms with E-state index in [1.54, 1.807) is 37.1 Å². The zero-order valence-corrected chi connectivity index (χ0v) is 13.4. The number of hydrogen-bond donors (Lipinski definition) is 1. The monoisotopic (exact) mass is 319 g/mol. The van der Waals surface area contributed by atoms with E-state index < -0.39 is 5.97 Å². The molecule has 2 amide bonds. The van der Waals surface area contributed by atoms with Gasteiger partial charge >= 0.3 is 5.97 Å². The van der Waals surface area contributed by atoms with Crippen molar-refractivity contribution in [1.29, 1.82) is 0 Å². The fourth-order valence-electron chi connectivity index (χ4n) is 2.61. The molecule has 0 aliphatic carbocycles. The molecule has 2 heterocycles. The molecule has 1 aromatic heterocycles. The van der Waals surface area contributed by atoms with E-state index in [1.165, 1.54) is 4.90 Å². The van der Waals surface area contributed by atoms with Crippen molar-refractivity contribution in [2.75, 3.05) is 26.7 Å². The van der Waals surface area contributed by atoms with Crippen LogP contribution in [-0.2, 0) is 9.59 Å². The van der Waals surface area contributed by atoms with Gasteiger partial charge in [-0.1, -0.05) is 6.07 Å². The molecule has 7 heteroatoms. The van der Waals surface area contributed by atoms with Crippen LogP contribution in [0.3, 0.4) is 0 Å². The second-order valence-corrected chi connectivity index (χ2v) is 5.82. The number of likely N-dealkylation sites (N-methyl/N-ethyl adjacent to an activating group) is 1. The molecule has 0 aromatic carbocycles. The van der Waals surface area contributed by atoms with Gasteiger partial charge < -0.3 is 14.9 Å². The Balaban J connectivity index is 1.90. The molecule has 1 aliphatic heterocycles. The van der Waals surface area contributed by atoms with Crippen LogP contribution in [0.15, 0.2) is 18.2 Å². The minimum atomic E-state index is -0.810. The SMILES string of the molecule is Cc1cccc(C(=O)N(C)CC(=O)N2CCC(C(=O)O)CC2)n1. The quantitative estimate of drug-likeness (QED) is 0.886. The smallest absolute Gasteiger partial charge is 0.306 e. The van der Waals surface area contributed by atoms with Gasteiger partial charge in [0.05, 0.1) is 12.5 Å². The van der Waals surface area contributed by atoms with Gasteiger partial charge in [0.2, 0.25) is 5.91 Å². The summed E-state index contributed by atoms with van der Waals surface area (Å²) in [4.78, 5) is 42.6. The van der Waals surface area contributed by atoms with Crippen LogP contribution in [0.2, 0.25) is 0 Å². The molecule has 1 aliphatic rings. The Hall–Kier alpha value is -2.44. The van der Waals surface area contributed by atoms with Gasteiger partial charge in [-0.3, -0.25) is 14.4 Å². The number of pyridine rings is 1. The zero-order valence-electron chi connectivity index (χ0n) is 13.4. The lowest BCUT2D eigenvalue weighted by Gasteiger charge is -2.31. The van der Waals surface area contributed by atoms with Crippen molar-refractivity contribution in [3.63, 3.8) is 0 Å². The van der Waals surface area contributed by atoms with Crippen LogP contribution in [0, 0.1) is 12.8 Å². The number of amides is 2. The first-order valence-corrected chi connectivity index (χ1v) is 7.58. The molecule has 2 rings (SSSR count). The number of carbonyl (C=O) groups is 3. The van der Waals surface area contributed by atoms with Crippen LogP contribution in [0.25, 0.3) is 0 Å². The van der Waals surface area contributed by atoms with Crippen molar-refractivity contribution < 1.29 is 19.5 Å². The van der Waals surface area contributed by atoms with E-state index >= 15 is 0 Å². The van der Waals surface area contributed by atoms with Crippen molar-refractivity contribution in [1.82, 2.24) is 14.8 Å². The molecule has 0 atom stereocenters. The van der Waals surface area contributed by atoms with E-state index in [1.807, 2.05) is 0 Å². The van der Waals surface area contributed by atoms with E-state index in [9.17, 15) is 14.4 Å². The highest BCUT2D eigenvalue weighted by Crippen LogP contribution is 2.17. The first-order valence-electron chi connectivity index (χ1n) is 7.58. The highest BCUT2D eigenvalue weighted by Gasteiger charge is 2.28. The van der Waals surface area contributed by atoms with Crippen LogP contribution in [-0.4, -0.2) is 64.4 Å². The third-order valence-electron chi connectivity index (χ3n) is 4.02. The van der Waals surface area contributed by atoms with Gasteiger partial charge in [-0.2, -0.15) is 0 Å². The number of carboxylic acids is 1. The van der Waals surface area contributed by atoms with Gasteiger partial charge in [0.1, 0.15) is 5.69 Å². The molecule has 1 aromatic rings. The van der Waals surface area contributed by atoms with Crippen molar-refractivity contribution in [2.45, 2.75) is 19.8 Å². The van der Waals surface area contributed by atoms with E-state index in [0.29, 0.717) is 31.6 Å². The summed E-state index contributed by atoms with van der Waals surface area (Å²) in [5.74, 6) is -1.66. The first-order chi connectivity index (χ1) is 10.9. The number of carbonyl (C=O) groups excluding carboxylic acids is 2. The molecule has 1 fully saturated rings. The fraction of sp³-hybridized carbons (Fsp3) is 0.500. The maximum Gasteiger partial charge on any atom is 0.306 e. The van der Waals surface area contributed by atoms with Gasteiger partial charge in [-0.05, 0) is 31.9 Å². The van der Waals surface area contributed by atoms with Gasteiger partial charge in [0.25, 0.3) is 5.91 Å². The number of rotatable bonds is 4. The summed E-state index contributed by atoms with van der Waals surface area (Å²) in [7, 11) is 1.56. The molecule has 7 nitrogen and oxygen atoms in total. The topological polar surface area (TPSA) is 90.8 Å². The number of carboxylic acid groups (broad SMARTS) is 1. The Kier molecular flexibility index (Phi) is 5.31. The van der Waals surface area contributed by atoms with Gasteiger partial charge in [0.15, 0.2) is 0 Å². The van der Waals surface area contributed by atoms with Gasteiger partial charge in [-0.25, -0.2) is 4.98 Å². The minimum absolute atomic E-state index is 0.0355. The Morgan fingerprint density at radius 3 is 2.52 bits per heavy atom. The van der Waals surface area contributed by atoms with Crippen molar-refractivity contribution in [3.05, 3.63) is 29.6 Å². The molecule has 0 spiro atoms. The maximum absolute atomic E-state index is 12.3. The maximum atomic E-state index is 12.3. The molecular weight excluding hydrogens is 298 g/mol. The summed E-state index contributed by atoms with van der Waals surface area (Å²) in [5.41, 5.74) is 1.05. The van der Waals surface area contributed by atoms with Gasteiger partial charge in [0, 0.05) is 25.8 Å². The van der Waals surface area contributed by atoms with Crippen molar-refractivity contribution in [2.24, 2.45) is 5.92 Å². The molecule has 0 bridgehead atoms. The predicted molar refractivity (Wildman–Crippen MR) is 82.9 cm³/mol. The summed E-state index contributed by atoms with van der Waals surface area (Å²) in [5, 5.41) is 8.97. The summed E-state index contributed by atoms with van der Waals surface area (Å²) in [6, 6.07) is 5.17. The van der Waals surface area contributed by atoms with Crippen LogP contribution in [0.4, 0.5) is 0 Å². The predicted octanol–water partition coefficient (Wildman–Crippen LogP) is 0.785. The third kappa shape index (κ3) is 4.28. The number of nitrogens with zero attached hydrogens (tertiary/aromatic N) is 3. The van der Waals surface area contributed by atoms with Crippen molar-refractivity contribution in [3.8, 4) is 0 Å². The second kappa shape index (κ2) is 7.21. The summed E-state index contributed by atoms with van der Waals surface area (Å²) < 4.78 is 0. The number of aryl methyl sites for hydroxylation is 1. The van der Waals surface area contributed by atoms with Crippen LogP contribution >= 0.6 is 0 Å². The second-order valence-electron chi connectivity index (χ2n) is 5.82. The Labute approximate surface area is 134 Å². The standard InChI is InChI=1S/C16H21N3O4/c1-11-4-3-5-13(17-11)15(21)18(2)10-14(20)19-8-6-12(7-9-19)16(22)23/h3-5,12H,6-10H2,1-2H3,(H,22,23). The zero-order chi connectivity index (χ0) is 17.0. The molecule has 0 radical (unpaired) electrons. The summed E-state index contributed by atoms with van der Waals surface area (Å²) in [6.07, 6.45) is 0.913. The number of piperidine rings is 1. The van der Waals surface area contributed by atoms with Crippen LogP contribution in [0.5, 0.6) is 0 Å². The number of hydrogen-bond acceptors (Lipinski definition) is 4. The van der Waals surface area contributed by atoms with E-state index in [-0.39, 0.29) is 24.3 Å². The van der Waals surface area contributed by atoms with Gasteiger partial charge in [-0.15, -0.1) is 0 Å². The van der Waals surface area contributed by atoms with Crippen LogP contribution < -0.4 is 0 Å². The molecule has 1 saturated heterocycles. The number of likely N-dealkylation sites (tertiary alicyclic amines) is 1. The lowest BCUT2D eigenvalue weighted by molar-refractivity contribution is -0.145. The Bertz CT molecular complexity index is 609. The summed E-state index contributed by atoms with van der Waals surface area (Å²) in [6.45, 7) is 2.60. The molecule has 124 valence electrons. The highest BCUT2D eigenvalue weighted by molar-refractivity contribution is 5.94. The lowest BCUT2D eigenvalue weighted by Crippen LogP contribution is -2.45. The minimum Gasteiger partial charge on any atom is -0.481 e. The van der Waals surface area contributed by atoms with E-state index in [4.69, 9.17) is 5.11 Å². The lowest BCUT2D eigenvalue weighted by atomic mass is 9.97. The molecule has 0 unspecified atom stereocenters. The van der Waals surface area contributed by atoms with Crippen molar-refractivity contribution >= 4 is 17.8 Å². The normalized spacial score (nSPS) is 15.3.